The Bertz CT molecular complexity index is 863. The van der Waals surface area contributed by atoms with Gasteiger partial charge in [-0.05, 0) is 17.7 Å². The second-order valence-corrected chi connectivity index (χ2v) is 7.24. The van der Waals surface area contributed by atoms with Crippen molar-refractivity contribution in [3.05, 3.63) is 46.6 Å². The number of amides is 1. The number of benzene rings is 1. The number of aromatic nitrogens is 2. The summed E-state index contributed by atoms with van der Waals surface area (Å²) >= 11 is 5.88. The fourth-order valence-electron chi connectivity index (χ4n) is 3.52. The Balaban J connectivity index is 1.65. The molecule has 0 saturated carbocycles. The molecule has 1 aromatic carbocycles. The Kier molecular flexibility index (Phi) is 4.96. The van der Waals surface area contributed by atoms with Crippen LogP contribution in [0.15, 0.2) is 30.3 Å². The molecule has 2 aliphatic heterocycles. The minimum atomic E-state index is -4.49. The fraction of sp³-hybridized carbons (Fsp3) is 0.444. The predicted octanol–water partition coefficient (Wildman–Crippen LogP) is 3.67. The van der Waals surface area contributed by atoms with Crippen LogP contribution in [0, 0.1) is 0 Å². The van der Waals surface area contributed by atoms with Crippen molar-refractivity contribution in [3.63, 3.8) is 0 Å². The first-order valence-corrected chi connectivity index (χ1v) is 9.26. The highest BCUT2D eigenvalue weighted by Crippen LogP contribution is 2.43. The molecule has 0 radical (unpaired) electrons. The van der Waals surface area contributed by atoms with Crippen molar-refractivity contribution < 1.29 is 22.7 Å². The molecule has 0 unspecified atom stereocenters. The van der Waals surface area contributed by atoms with Gasteiger partial charge in [-0.25, -0.2) is 4.68 Å². The number of nitrogens with one attached hydrogen (secondary N) is 1. The van der Waals surface area contributed by atoms with Gasteiger partial charge >= 0.3 is 6.18 Å². The molecule has 2 aliphatic rings. The zero-order chi connectivity index (χ0) is 19.9. The number of carbonyl (C=O) groups is 1. The van der Waals surface area contributed by atoms with Gasteiger partial charge in [0, 0.05) is 30.6 Å². The van der Waals surface area contributed by atoms with E-state index in [9.17, 15) is 18.0 Å². The number of hydrogen-bond acceptors (Lipinski definition) is 4. The van der Waals surface area contributed by atoms with Crippen molar-refractivity contribution in [2.45, 2.75) is 24.7 Å². The molecule has 4 rings (SSSR count). The van der Waals surface area contributed by atoms with E-state index in [0.29, 0.717) is 36.9 Å². The van der Waals surface area contributed by atoms with Gasteiger partial charge in [0.15, 0.2) is 11.7 Å². The largest absolute Gasteiger partial charge is 0.410 e. The number of hydrogen-bond donors (Lipinski definition) is 1. The maximum Gasteiger partial charge on any atom is 0.410 e. The van der Waals surface area contributed by atoms with Gasteiger partial charge in [0.2, 0.25) is 0 Å². The quantitative estimate of drug-likeness (QED) is 0.814. The van der Waals surface area contributed by atoms with Crippen molar-refractivity contribution in [2.75, 3.05) is 31.6 Å². The van der Waals surface area contributed by atoms with E-state index in [1.807, 2.05) is 0 Å². The lowest BCUT2D eigenvalue weighted by Gasteiger charge is -2.33. The van der Waals surface area contributed by atoms with Crippen LogP contribution in [-0.4, -0.2) is 53.1 Å². The lowest BCUT2D eigenvalue weighted by Crippen LogP contribution is -2.41. The smallest absolute Gasteiger partial charge is 0.378 e. The summed E-state index contributed by atoms with van der Waals surface area (Å²) in [5, 5.41) is 7.58. The second-order valence-electron chi connectivity index (χ2n) is 6.81. The summed E-state index contributed by atoms with van der Waals surface area (Å²) in [6, 6.07) is 5.66. The van der Waals surface area contributed by atoms with Crippen LogP contribution >= 0.6 is 11.6 Å². The highest BCUT2D eigenvalue weighted by molar-refractivity contribution is 6.30. The highest BCUT2D eigenvalue weighted by Gasteiger charge is 2.47. The molecule has 1 fully saturated rings. The molecule has 10 heteroatoms. The maximum absolute atomic E-state index is 13.7. The summed E-state index contributed by atoms with van der Waals surface area (Å²) in [5.41, 5.74) is 0.683. The second kappa shape index (κ2) is 7.29. The molecule has 3 heterocycles. The monoisotopic (exact) mass is 414 g/mol. The van der Waals surface area contributed by atoms with Gasteiger partial charge in [0.05, 0.1) is 19.3 Å². The van der Waals surface area contributed by atoms with Gasteiger partial charge in [0.1, 0.15) is 5.82 Å². The number of fused-ring (bicyclic) bond motifs is 1. The normalized spacial score (nSPS) is 22.5. The van der Waals surface area contributed by atoms with Crippen LogP contribution in [0.3, 0.4) is 0 Å². The number of alkyl halides is 3. The number of rotatable bonds is 2. The zero-order valence-corrected chi connectivity index (χ0v) is 15.5. The first-order valence-electron chi connectivity index (χ1n) is 8.88. The van der Waals surface area contributed by atoms with Crippen LogP contribution in [-0.2, 0) is 4.74 Å². The molecule has 2 aromatic rings. The molecule has 0 aliphatic carbocycles. The molecule has 0 bridgehead atoms. The summed E-state index contributed by atoms with van der Waals surface area (Å²) in [6.45, 7) is 1.60. The average Bonchev–Trinajstić information content (AvgIpc) is 3.11. The molecule has 1 amide bonds. The lowest BCUT2D eigenvalue weighted by atomic mass is 9.97. The van der Waals surface area contributed by atoms with Crippen LogP contribution in [0.2, 0.25) is 5.02 Å². The van der Waals surface area contributed by atoms with E-state index >= 15 is 0 Å². The zero-order valence-electron chi connectivity index (χ0n) is 14.7. The summed E-state index contributed by atoms with van der Waals surface area (Å²) in [4.78, 5) is 14.2. The Morgan fingerprint density at radius 3 is 2.54 bits per heavy atom. The van der Waals surface area contributed by atoms with Crippen LogP contribution in [0.5, 0.6) is 0 Å². The van der Waals surface area contributed by atoms with Gasteiger partial charge in [-0.3, -0.25) is 4.79 Å². The Morgan fingerprint density at radius 2 is 1.89 bits per heavy atom. The van der Waals surface area contributed by atoms with E-state index in [1.54, 1.807) is 24.3 Å². The Hall–Kier alpha value is -2.26. The van der Waals surface area contributed by atoms with Gasteiger partial charge in [0.25, 0.3) is 5.91 Å². The third kappa shape index (κ3) is 3.68. The fourth-order valence-corrected chi connectivity index (χ4v) is 3.65. The van der Waals surface area contributed by atoms with Gasteiger partial charge < -0.3 is 15.0 Å². The molecule has 1 aromatic heterocycles. The molecular weight excluding hydrogens is 397 g/mol. The SMILES string of the molecule is O=C(c1cc2n(n1)[C@H](C(F)(F)F)C[C@@H](c1ccc(Cl)cc1)N2)N1CCOCC1. The lowest BCUT2D eigenvalue weighted by molar-refractivity contribution is -0.173. The van der Waals surface area contributed by atoms with E-state index in [0.717, 1.165) is 4.68 Å². The highest BCUT2D eigenvalue weighted by atomic mass is 35.5. The van der Waals surface area contributed by atoms with Crippen LogP contribution in [0.1, 0.15) is 34.6 Å². The number of anilines is 1. The van der Waals surface area contributed by atoms with Crippen molar-refractivity contribution in [3.8, 4) is 0 Å². The molecule has 1 saturated heterocycles. The van der Waals surface area contributed by atoms with Crippen molar-refractivity contribution >= 4 is 23.3 Å². The molecule has 150 valence electrons. The molecular formula is C18H18ClF3N4O2. The number of carbonyl (C=O) groups excluding carboxylic acids is 1. The molecule has 2 atom stereocenters. The minimum absolute atomic E-state index is 0.00425. The Labute approximate surface area is 164 Å². The van der Waals surface area contributed by atoms with Crippen LogP contribution in [0.25, 0.3) is 0 Å². The topological polar surface area (TPSA) is 59.4 Å². The summed E-state index contributed by atoms with van der Waals surface area (Å²) in [7, 11) is 0. The molecule has 28 heavy (non-hydrogen) atoms. The van der Waals surface area contributed by atoms with Gasteiger partial charge in [-0.1, -0.05) is 23.7 Å². The van der Waals surface area contributed by atoms with Crippen LogP contribution < -0.4 is 5.32 Å². The summed E-state index contributed by atoms with van der Waals surface area (Å²) in [5.74, 6) is -0.221. The van der Waals surface area contributed by atoms with Crippen LogP contribution in [0.4, 0.5) is 19.0 Å². The van der Waals surface area contributed by atoms with Crippen molar-refractivity contribution in [1.82, 2.24) is 14.7 Å². The molecule has 1 N–H and O–H groups in total. The number of halogens is 4. The molecule has 0 spiro atoms. The van der Waals surface area contributed by atoms with E-state index in [2.05, 4.69) is 10.4 Å². The summed E-state index contributed by atoms with van der Waals surface area (Å²) in [6.07, 6.45) is -4.72. The average molecular weight is 415 g/mol. The van der Waals surface area contributed by atoms with E-state index in [4.69, 9.17) is 16.3 Å². The third-order valence-corrected chi connectivity index (χ3v) is 5.23. The van der Waals surface area contributed by atoms with Gasteiger partial charge in [-0.15, -0.1) is 0 Å². The minimum Gasteiger partial charge on any atom is -0.378 e. The van der Waals surface area contributed by atoms with E-state index < -0.39 is 24.2 Å². The standard InChI is InChI=1S/C18H18ClF3N4O2/c19-12-3-1-11(2-4-12)13-9-15(18(20,21)22)26-16(23-13)10-14(24-26)17(27)25-5-7-28-8-6-25/h1-4,10,13,15,23H,5-9H2/t13-,15-/m0/s1. The number of nitrogens with zero attached hydrogens (tertiary/aromatic N) is 3. The number of morpholine rings is 1. The molecule has 6 nitrogen and oxygen atoms in total. The van der Waals surface area contributed by atoms with E-state index in [-0.39, 0.29) is 17.9 Å². The summed E-state index contributed by atoms with van der Waals surface area (Å²) < 4.78 is 47.2. The third-order valence-electron chi connectivity index (χ3n) is 4.98. The Morgan fingerprint density at radius 1 is 1.21 bits per heavy atom. The van der Waals surface area contributed by atoms with Crippen molar-refractivity contribution in [2.24, 2.45) is 0 Å². The van der Waals surface area contributed by atoms with E-state index in [1.165, 1.54) is 11.0 Å². The first-order chi connectivity index (χ1) is 13.3. The maximum atomic E-state index is 13.7. The van der Waals surface area contributed by atoms with Gasteiger partial charge in [-0.2, -0.15) is 18.3 Å². The number of ether oxygens (including phenoxy) is 1. The first kappa shape index (κ1) is 19.1. The van der Waals surface area contributed by atoms with Crippen molar-refractivity contribution in [1.29, 1.82) is 0 Å². The predicted molar refractivity (Wildman–Crippen MR) is 96.5 cm³/mol.